The second kappa shape index (κ2) is 7.43. The number of nitrogens with zero attached hydrogens (tertiary/aromatic N) is 6. The standard InChI is InChI=1S/C19H20N6O/c26-19(17-4-1-7-22-23-17)25-11-2-3-16(14-25)18-21-10-12-24(18)13-15-5-8-20-9-6-15/h1,4-10,12,16H,2-3,11,13-14H2/t16-/m1/s1. The Labute approximate surface area is 151 Å². The van der Waals surface area contributed by atoms with E-state index in [4.69, 9.17) is 0 Å². The molecule has 1 aliphatic heterocycles. The van der Waals surface area contributed by atoms with Crippen molar-refractivity contribution in [1.82, 2.24) is 29.6 Å². The van der Waals surface area contributed by atoms with Crippen LogP contribution in [0.25, 0.3) is 0 Å². The Morgan fingerprint density at radius 1 is 1.15 bits per heavy atom. The summed E-state index contributed by atoms with van der Waals surface area (Å²) in [5, 5.41) is 7.76. The van der Waals surface area contributed by atoms with Gasteiger partial charge in [0.15, 0.2) is 5.69 Å². The molecule has 1 aliphatic rings. The highest BCUT2D eigenvalue weighted by molar-refractivity contribution is 5.92. The Morgan fingerprint density at radius 2 is 2.04 bits per heavy atom. The Hall–Kier alpha value is -3.09. The molecule has 0 unspecified atom stereocenters. The normalized spacial score (nSPS) is 17.2. The third kappa shape index (κ3) is 3.46. The number of carbonyl (C=O) groups is 1. The highest BCUT2D eigenvalue weighted by Gasteiger charge is 2.28. The minimum atomic E-state index is -0.0601. The third-order valence-electron chi connectivity index (χ3n) is 4.72. The summed E-state index contributed by atoms with van der Waals surface area (Å²) in [6, 6.07) is 7.47. The third-order valence-corrected chi connectivity index (χ3v) is 4.72. The molecule has 7 nitrogen and oxygen atoms in total. The molecular formula is C19H20N6O. The number of imidazole rings is 1. The minimum absolute atomic E-state index is 0.0601. The van der Waals surface area contributed by atoms with Gasteiger partial charge in [0.1, 0.15) is 5.82 Å². The van der Waals surface area contributed by atoms with Gasteiger partial charge in [-0.15, -0.1) is 5.10 Å². The molecule has 3 aromatic heterocycles. The molecule has 4 heterocycles. The first-order chi connectivity index (χ1) is 12.8. The summed E-state index contributed by atoms with van der Waals surface area (Å²) in [5.74, 6) is 1.19. The molecule has 3 aromatic rings. The molecule has 0 radical (unpaired) electrons. The summed E-state index contributed by atoms with van der Waals surface area (Å²) in [7, 11) is 0. The van der Waals surface area contributed by atoms with Crippen LogP contribution in [0.4, 0.5) is 0 Å². The topological polar surface area (TPSA) is 76.8 Å². The van der Waals surface area contributed by atoms with Crippen molar-refractivity contribution < 1.29 is 4.79 Å². The van der Waals surface area contributed by atoms with Crippen LogP contribution < -0.4 is 0 Å². The Morgan fingerprint density at radius 3 is 2.85 bits per heavy atom. The zero-order chi connectivity index (χ0) is 17.8. The van der Waals surface area contributed by atoms with Crippen LogP contribution in [0.2, 0.25) is 0 Å². The highest BCUT2D eigenvalue weighted by Crippen LogP contribution is 2.27. The Kier molecular flexibility index (Phi) is 4.68. The molecule has 1 atom stereocenters. The van der Waals surface area contributed by atoms with Gasteiger partial charge >= 0.3 is 0 Å². The number of hydrogen-bond acceptors (Lipinski definition) is 5. The predicted molar refractivity (Wildman–Crippen MR) is 95.5 cm³/mol. The second-order valence-corrected chi connectivity index (χ2v) is 6.47. The van der Waals surface area contributed by atoms with E-state index >= 15 is 0 Å². The molecular weight excluding hydrogens is 328 g/mol. The van der Waals surface area contributed by atoms with Gasteiger partial charge in [0.25, 0.3) is 5.91 Å². The SMILES string of the molecule is O=C(c1cccnn1)N1CCC[C@@H](c2nccn2Cc2ccncc2)C1. The number of piperidine rings is 1. The average Bonchev–Trinajstić information content (AvgIpc) is 3.17. The molecule has 4 rings (SSSR count). The molecule has 0 spiro atoms. The van der Waals surface area contributed by atoms with E-state index < -0.39 is 0 Å². The van der Waals surface area contributed by atoms with E-state index in [0.717, 1.165) is 31.8 Å². The Balaban J connectivity index is 1.50. The number of aromatic nitrogens is 5. The van der Waals surface area contributed by atoms with Gasteiger partial charge < -0.3 is 9.47 Å². The summed E-state index contributed by atoms with van der Waals surface area (Å²) in [4.78, 5) is 23.2. The van der Waals surface area contributed by atoms with Gasteiger partial charge in [0.2, 0.25) is 0 Å². The van der Waals surface area contributed by atoms with Crippen LogP contribution in [0.3, 0.4) is 0 Å². The molecule has 0 aromatic carbocycles. The van der Waals surface area contributed by atoms with Gasteiger partial charge in [-0.2, -0.15) is 5.10 Å². The summed E-state index contributed by atoms with van der Waals surface area (Å²) >= 11 is 0. The zero-order valence-corrected chi connectivity index (χ0v) is 14.4. The average molecular weight is 348 g/mol. The number of likely N-dealkylation sites (tertiary alicyclic amines) is 1. The summed E-state index contributed by atoms with van der Waals surface area (Å²) < 4.78 is 2.16. The lowest BCUT2D eigenvalue weighted by Crippen LogP contribution is -2.40. The first-order valence-corrected chi connectivity index (χ1v) is 8.78. The van der Waals surface area contributed by atoms with E-state index in [-0.39, 0.29) is 11.8 Å². The molecule has 0 N–H and O–H groups in total. The van der Waals surface area contributed by atoms with Crippen molar-refractivity contribution in [2.24, 2.45) is 0 Å². The lowest BCUT2D eigenvalue weighted by atomic mass is 9.96. The number of hydrogen-bond donors (Lipinski definition) is 0. The molecule has 0 bridgehead atoms. The van der Waals surface area contributed by atoms with Crippen LogP contribution in [0.15, 0.2) is 55.2 Å². The van der Waals surface area contributed by atoms with E-state index in [1.807, 2.05) is 29.4 Å². The number of amides is 1. The van der Waals surface area contributed by atoms with Gasteiger partial charge in [0, 0.05) is 56.5 Å². The van der Waals surface area contributed by atoms with Crippen LogP contribution >= 0.6 is 0 Å². The highest BCUT2D eigenvalue weighted by atomic mass is 16.2. The largest absolute Gasteiger partial charge is 0.337 e. The molecule has 0 saturated carbocycles. The fourth-order valence-electron chi connectivity index (χ4n) is 3.45. The predicted octanol–water partition coefficient (Wildman–Crippen LogP) is 2.14. The number of pyridine rings is 1. The van der Waals surface area contributed by atoms with Gasteiger partial charge in [-0.05, 0) is 42.7 Å². The number of carbonyl (C=O) groups excluding carboxylic acids is 1. The summed E-state index contributed by atoms with van der Waals surface area (Å²) in [5.41, 5.74) is 1.58. The molecule has 7 heteroatoms. The van der Waals surface area contributed by atoms with Crippen LogP contribution in [-0.2, 0) is 6.54 Å². The van der Waals surface area contributed by atoms with Crippen molar-refractivity contribution in [3.63, 3.8) is 0 Å². The smallest absolute Gasteiger partial charge is 0.274 e. The zero-order valence-electron chi connectivity index (χ0n) is 14.4. The van der Waals surface area contributed by atoms with Crippen LogP contribution in [0.1, 0.15) is 40.6 Å². The van der Waals surface area contributed by atoms with Crippen molar-refractivity contribution in [2.75, 3.05) is 13.1 Å². The van der Waals surface area contributed by atoms with Gasteiger partial charge in [-0.3, -0.25) is 9.78 Å². The van der Waals surface area contributed by atoms with Crippen molar-refractivity contribution in [3.8, 4) is 0 Å². The molecule has 132 valence electrons. The second-order valence-electron chi connectivity index (χ2n) is 6.47. The van der Waals surface area contributed by atoms with Gasteiger partial charge in [0.05, 0.1) is 0 Å². The Bertz CT molecular complexity index is 864. The quantitative estimate of drug-likeness (QED) is 0.722. The first-order valence-electron chi connectivity index (χ1n) is 8.78. The molecule has 1 saturated heterocycles. The van der Waals surface area contributed by atoms with E-state index in [1.165, 1.54) is 5.56 Å². The lowest BCUT2D eigenvalue weighted by molar-refractivity contribution is 0.0696. The van der Waals surface area contributed by atoms with Gasteiger partial charge in [-0.1, -0.05) is 0 Å². The molecule has 26 heavy (non-hydrogen) atoms. The monoisotopic (exact) mass is 348 g/mol. The molecule has 0 aliphatic carbocycles. The molecule has 1 fully saturated rings. The van der Waals surface area contributed by atoms with Crippen molar-refractivity contribution >= 4 is 5.91 Å². The van der Waals surface area contributed by atoms with Gasteiger partial charge in [-0.25, -0.2) is 4.98 Å². The summed E-state index contributed by atoms with van der Waals surface area (Å²) in [6.07, 6.45) is 11.0. The maximum absolute atomic E-state index is 12.7. The minimum Gasteiger partial charge on any atom is -0.337 e. The van der Waals surface area contributed by atoms with Crippen LogP contribution in [-0.4, -0.2) is 48.6 Å². The fourth-order valence-corrected chi connectivity index (χ4v) is 3.45. The number of rotatable bonds is 4. The van der Waals surface area contributed by atoms with E-state index in [0.29, 0.717) is 12.2 Å². The first kappa shape index (κ1) is 16.4. The van der Waals surface area contributed by atoms with E-state index in [1.54, 1.807) is 30.7 Å². The van der Waals surface area contributed by atoms with Crippen molar-refractivity contribution in [3.05, 3.63) is 72.3 Å². The van der Waals surface area contributed by atoms with Crippen LogP contribution in [0.5, 0.6) is 0 Å². The lowest BCUT2D eigenvalue weighted by Gasteiger charge is -2.32. The summed E-state index contributed by atoms with van der Waals surface area (Å²) in [6.45, 7) is 2.16. The fraction of sp³-hybridized carbons (Fsp3) is 0.316. The maximum atomic E-state index is 12.7. The van der Waals surface area contributed by atoms with Crippen LogP contribution in [0, 0.1) is 0 Å². The van der Waals surface area contributed by atoms with Crippen molar-refractivity contribution in [1.29, 1.82) is 0 Å². The maximum Gasteiger partial charge on any atom is 0.274 e. The molecule has 1 amide bonds. The van der Waals surface area contributed by atoms with E-state index in [2.05, 4.69) is 24.7 Å². The van der Waals surface area contributed by atoms with E-state index in [9.17, 15) is 4.79 Å². The van der Waals surface area contributed by atoms with Crippen molar-refractivity contribution in [2.45, 2.75) is 25.3 Å².